The largest absolute Gasteiger partial charge is 0.256 e. The third-order valence-electron chi connectivity index (χ3n) is 3.17. The number of nitrogens with zero attached hydrogens (tertiary/aromatic N) is 1. The highest BCUT2D eigenvalue weighted by atomic mass is 14.7. The van der Waals surface area contributed by atoms with Gasteiger partial charge in [-0.3, -0.25) is 4.98 Å². The summed E-state index contributed by atoms with van der Waals surface area (Å²) in [6, 6.07) is 17.2. The van der Waals surface area contributed by atoms with Gasteiger partial charge in [-0.1, -0.05) is 60.2 Å². The highest BCUT2D eigenvalue weighted by Crippen LogP contribution is 2.26. The minimum atomic E-state index is -2.31. The van der Waals surface area contributed by atoms with Gasteiger partial charge in [0.25, 0.3) is 0 Å². The molecule has 0 aliphatic rings. The van der Waals surface area contributed by atoms with Crippen molar-refractivity contribution in [2.75, 3.05) is 0 Å². The van der Waals surface area contributed by atoms with Gasteiger partial charge in [-0.15, -0.1) is 0 Å². The van der Waals surface area contributed by atoms with Crippen molar-refractivity contribution >= 4 is 0 Å². The normalized spacial score (nSPS) is 16.2. The second-order valence-corrected chi connectivity index (χ2v) is 4.56. The van der Waals surface area contributed by atoms with Gasteiger partial charge in [0.15, 0.2) is 0 Å². The molecule has 20 heavy (non-hydrogen) atoms. The highest BCUT2D eigenvalue weighted by Gasteiger charge is 2.05. The minimum Gasteiger partial charge on any atom is -0.256 e. The number of aryl methyl sites for hydroxylation is 2. The van der Waals surface area contributed by atoms with Crippen molar-refractivity contribution in [1.29, 1.82) is 0 Å². The maximum atomic E-state index is 7.88. The lowest BCUT2D eigenvalue weighted by Gasteiger charge is -2.08. The number of rotatable bonds is 2. The van der Waals surface area contributed by atoms with E-state index in [9.17, 15) is 0 Å². The summed E-state index contributed by atoms with van der Waals surface area (Å²) in [6.07, 6.45) is 1.54. The van der Waals surface area contributed by atoms with Gasteiger partial charge in [0, 0.05) is 25.5 Å². The van der Waals surface area contributed by atoms with Crippen LogP contribution in [0.1, 0.15) is 19.4 Å². The molecule has 1 heteroatoms. The van der Waals surface area contributed by atoms with E-state index in [0.717, 1.165) is 5.56 Å². The zero-order valence-electron chi connectivity index (χ0n) is 16.8. The van der Waals surface area contributed by atoms with Crippen LogP contribution in [0.5, 0.6) is 0 Å². The molecule has 0 amide bonds. The molecule has 0 spiro atoms. The van der Waals surface area contributed by atoms with Gasteiger partial charge in [0.1, 0.15) is 0 Å². The summed E-state index contributed by atoms with van der Waals surface area (Å²) in [5.74, 6) is 0. The maximum absolute atomic E-state index is 7.88. The molecule has 98 valence electrons. The zero-order valence-corrected chi connectivity index (χ0v) is 10.8. The average molecular weight is 265 g/mol. The minimum absolute atomic E-state index is 0.188. The lowest BCUT2D eigenvalue weighted by molar-refractivity contribution is 1.28. The van der Waals surface area contributed by atoms with Crippen molar-refractivity contribution < 1.29 is 8.22 Å². The molecule has 0 fully saturated rings. The van der Waals surface area contributed by atoms with Crippen LogP contribution in [0.2, 0.25) is 0 Å². The molecule has 3 rings (SSSR count). The summed E-state index contributed by atoms with van der Waals surface area (Å²) >= 11 is 0. The van der Waals surface area contributed by atoms with Gasteiger partial charge >= 0.3 is 0 Å². The lowest BCUT2D eigenvalue weighted by atomic mass is 10.00. The molecule has 0 atom stereocenters. The van der Waals surface area contributed by atoms with E-state index in [-0.39, 0.29) is 11.1 Å². The lowest BCUT2D eigenvalue weighted by Crippen LogP contribution is -1.89. The predicted octanol–water partition coefficient (Wildman–Crippen LogP) is 5.03. The van der Waals surface area contributed by atoms with Crippen molar-refractivity contribution in [3.63, 3.8) is 0 Å². The summed E-state index contributed by atoms with van der Waals surface area (Å²) in [7, 11) is 0. The fraction of sp³-hybridized carbons (Fsp3) is 0.105. The van der Waals surface area contributed by atoms with Crippen molar-refractivity contribution in [3.05, 3.63) is 78.0 Å². The van der Waals surface area contributed by atoms with E-state index < -0.39 is 13.7 Å². The van der Waals surface area contributed by atoms with Crippen LogP contribution in [0, 0.1) is 13.7 Å². The van der Waals surface area contributed by atoms with Crippen molar-refractivity contribution in [3.8, 4) is 22.4 Å². The summed E-state index contributed by atoms with van der Waals surface area (Å²) in [4.78, 5) is 4.41. The Morgan fingerprint density at radius 3 is 2.35 bits per heavy atom. The number of pyridine rings is 1. The molecular formula is C19H17N. The molecule has 1 aromatic heterocycles. The Morgan fingerprint density at radius 1 is 0.850 bits per heavy atom. The molecule has 0 bridgehead atoms. The van der Waals surface area contributed by atoms with Crippen LogP contribution in [0.25, 0.3) is 22.4 Å². The first-order valence-electron chi connectivity index (χ1n) is 9.33. The molecule has 0 unspecified atom stereocenters. The second kappa shape index (κ2) is 5.30. The third kappa shape index (κ3) is 2.48. The maximum Gasteiger partial charge on any atom is 0.0705 e. The van der Waals surface area contributed by atoms with E-state index >= 15 is 0 Å². The fourth-order valence-electron chi connectivity index (χ4n) is 2.10. The standard InChI is InChI=1S/C19H17N/c1-14-8-10-16(11-9-14)18-13-20-19(12-15(18)2)17-6-4-3-5-7-17/h3-13H,1-2H3/i1D3,2D3. The van der Waals surface area contributed by atoms with Gasteiger partial charge in [-0.2, -0.15) is 0 Å². The third-order valence-corrected chi connectivity index (χ3v) is 3.17. The van der Waals surface area contributed by atoms with Gasteiger partial charge in [-0.25, -0.2) is 0 Å². The summed E-state index contributed by atoms with van der Waals surface area (Å²) in [5.41, 5.74) is 2.92. The number of benzene rings is 2. The van der Waals surface area contributed by atoms with E-state index in [1.54, 1.807) is 18.2 Å². The summed E-state index contributed by atoms with van der Waals surface area (Å²) in [6.45, 7) is -4.51. The predicted molar refractivity (Wildman–Crippen MR) is 84.6 cm³/mol. The molecular weight excluding hydrogens is 242 g/mol. The molecule has 1 heterocycles. The zero-order chi connectivity index (χ0) is 18.9. The molecule has 0 radical (unpaired) electrons. The Kier molecular flexibility index (Phi) is 1.96. The van der Waals surface area contributed by atoms with E-state index in [0.29, 0.717) is 16.8 Å². The Morgan fingerprint density at radius 2 is 1.65 bits per heavy atom. The average Bonchev–Trinajstić information content (AvgIpc) is 2.61. The van der Waals surface area contributed by atoms with Crippen LogP contribution >= 0.6 is 0 Å². The van der Waals surface area contributed by atoms with E-state index in [1.165, 1.54) is 18.3 Å². The molecule has 3 aromatic rings. The van der Waals surface area contributed by atoms with E-state index in [4.69, 9.17) is 8.22 Å². The topological polar surface area (TPSA) is 12.9 Å². The smallest absolute Gasteiger partial charge is 0.0705 e. The Labute approximate surface area is 128 Å². The second-order valence-electron chi connectivity index (χ2n) is 4.56. The molecule has 1 nitrogen and oxygen atoms in total. The van der Waals surface area contributed by atoms with Gasteiger partial charge in [0.05, 0.1) is 5.69 Å². The SMILES string of the molecule is [2H]C([2H])([2H])c1ccc(-c2cnc(-c3ccccc3)cc2C([2H])([2H])[2H])cc1. The van der Waals surface area contributed by atoms with Crippen molar-refractivity contribution in [1.82, 2.24) is 4.98 Å². The van der Waals surface area contributed by atoms with Crippen molar-refractivity contribution in [2.24, 2.45) is 0 Å². The quantitative estimate of drug-likeness (QED) is 0.633. The monoisotopic (exact) mass is 265 g/mol. The van der Waals surface area contributed by atoms with Gasteiger partial charge < -0.3 is 0 Å². The number of hydrogen-bond donors (Lipinski definition) is 0. The van der Waals surface area contributed by atoms with Crippen molar-refractivity contribution in [2.45, 2.75) is 13.7 Å². The van der Waals surface area contributed by atoms with Crippen LogP contribution in [-0.4, -0.2) is 4.98 Å². The Bertz CT molecular complexity index is 896. The van der Waals surface area contributed by atoms with Gasteiger partial charge in [-0.05, 0) is 30.9 Å². The summed E-state index contributed by atoms with van der Waals surface area (Å²) < 4.78 is 46.0. The molecule has 0 saturated heterocycles. The van der Waals surface area contributed by atoms with E-state index in [1.807, 2.05) is 30.3 Å². The highest BCUT2D eigenvalue weighted by molar-refractivity contribution is 5.70. The first kappa shape index (κ1) is 7.39. The first-order chi connectivity index (χ1) is 12.2. The Hall–Kier alpha value is -2.41. The van der Waals surface area contributed by atoms with Crippen LogP contribution in [0.3, 0.4) is 0 Å². The molecule has 0 aliphatic heterocycles. The number of aromatic nitrogens is 1. The van der Waals surface area contributed by atoms with Crippen LogP contribution in [-0.2, 0) is 0 Å². The van der Waals surface area contributed by atoms with Crippen LogP contribution < -0.4 is 0 Å². The van der Waals surface area contributed by atoms with Gasteiger partial charge in [0.2, 0.25) is 0 Å². The van der Waals surface area contributed by atoms with Crippen LogP contribution in [0.4, 0.5) is 0 Å². The fourth-order valence-corrected chi connectivity index (χ4v) is 2.10. The van der Waals surface area contributed by atoms with E-state index in [2.05, 4.69) is 4.98 Å². The van der Waals surface area contributed by atoms with Crippen LogP contribution in [0.15, 0.2) is 66.9 Å². The summed E-state index contributed by atoms with van der Waals surface area (Å²) in [5, 5.41) is 0. The first-order valence-corrected chi connectivity index (χ1v) is 6.33. The molecule has 0 aliphatic carbocycles. The Balaban J connectivity index is 2.10. The molecule has 0 N–H and O–H groups in total. The number of hydrogen-bond acceptors (Lipinski definition) is 1. The molecule has 2 aromatic carbocycles. The molecule has 0 saturated carbocycles.